The van der Waals surface area contributed by atoms with Crippen LogP contribution in [0.4, 0.5) is 17.6 Å². The highest BCUT2D eigenvalue weighted by Gasteiger charge is 2.43. The third-order valence-corrected chi connectivity index (χ3v) is 11.5. The Morgan fingerprint density at radius 3 is 1.46 bits per heavy atom. The van der Waals surface area contributed by atoms with Crippen LogP contribution < -0.4 is 11.1 Å². The van der Waals surface area contributed by atoms with Crippen LogP contribution in [0.1, 0.15) is 60.0 Å². The molecule has 8 rings (SSSR count). The molecule has 0 bridgehead atoms. The molecule has 2 aliphatic heterocycles. The highest BCUT2D eigenvalue weighted by molar-refractivity contribution is 5.91. The van der Waals surface area contributed by atoms with E-state index in [2.05, 4.69) is 5.32 Å². The maximum atomic E-state index is 14.5. The van der Waals surface area contributed by atoms with Crippen molar-refractivity contribution in [3.8, 4) is 0 Å². The summed E-state index contributed by atoms with van der Waals surface area (Å²) in [4.78, 5) is 55.5. The molecule has 4 atom stereocenters. The van der Waals surface area contributed by atoms with Crippen LogP contribution in [0.5, 0.6) is 0 Å². The highest BCUT2D eigenvalue weighted by atomic mass is 19.1. The molecule has 2 aliphatic carbocycles. The maximum Gasteiger partial charge on any atom is 0.317 e. The third-order valence-electron chi connectivity index (χ3n) is 11.5. The number of likely N-dealkylation sites (N-methyl/N-ethyl adjacent to an activating group) is 2. The molecule has 3 amide bonds. The van der Waals surface area contributed by atoms with Crippen molar-refractivity contribution in [2.24, 2.45) is 17.6 Å². The van der Waals surface area contributed by atoms with Gasteiger partial charge in [0.25, 0.3) is 0 Å². The van der Waals surface area contributed by atoms with Crippen LogP contribution in [0.15, 0.2) is 109 Å². The summed E-state index contributed by atoms with van der Waals surface area (Å²) in [5, 5.41) is 10.9. The van der Waals surface area contributed by atoms with Gasteiger partial charge < -0.3 is 30.9 Å². The second kappa shape index (κ2) is 21.7. The molecule has 2 heterocycles. The first-order chi connectivity index (χ1) is 31.0. The standard InChI is InChI=1S/C25H27F2N3O2.C21H20F2N2O.C4H9NO2/c1-29(2)15-23(31)28-24(17-8-9-17)25(32)30-14-18(20-13-19(26)10-11-21(20)27)12-22(30)16-6-4-3-5-7-16;22-16-8-9-18(23)17(11-16)15-10-19(13-4-2-1-3-5-13)25(12-15)21(26)20(24)14-6-7-14;1-5(2)3-4(6)7/h3-7,10-13,17,22,24H,8-9,14-15H2,1-2H3,(H,28,31);1-5,8-11,14,19-20H,6-7,12,24H2;3H2,1-2H3,(H,6,7)/t22-,24-;19-,20-;/m00./s1. The van der Waals surface area contributed by atoms with Crippen molar-refractivity contribution in [1.29, 1.82) is 0 Å². The molecule has 344 valence electrons. The van der Waals surface area contributed by atoms with Gasteiger partial charge in [0.15, 0.2) is 0 Å². The molecule has 4 aliphatic rings. The van der Waals surface area contributed by atoms with E-state index in [0.717, 1.165) is 67.1 Å². The fourth-order valence-corrected chi connectivity index (χ4v) is 7.96. The van der Waals surface area contributed by atoms with Crippen LogP contribution in [-0.4, -0.2) is 115 Å². The van der Waals surface area contributed by atoms with Gasteiger partial charge in [-0.2, -0.15) is 0 Å². The van der Waals surface area contributed by atoms with Gasteiger partial charge in [-0.05, 0) is 124 Å². The second-order valence-corrected chi connectivity index (χ2v) is 17.4. The predicted octanol–water partition coefficient (Wildman–Crippen LogP) is 6.69. The summed E-state index contributed by atoms with van der Waals surface area (Å²) in [6.07, 6.45) is 7.34. The number of nitrogens with two attached hydrogens (primary N) is 1. The summed E-state index contributed by atoms with van der Waals surface area (Å²) in [7, 11) is 7.02. The lowest BCUT2D eigenvalue weighted by Crippen LogP contribution is -2.51. The van der Waals surface area contributed by atoms with Gasteiger partial charge in [0.05, 0.1) is 31.2 Å². The number of amides is 3. The summed E-state index contributed by atoms with van der Waals surface area (Å²) >= 11 is 0. The Morgan fingerprint density at radius 2 is 1.08 bits per heavy atom. The Hall–Kier alpha value is -6.16. The fourth-order valence-electron chi connectivity index (χ4n) is 7.96. The summed E-state index contributed by atoms with van der Waals surface area (Å²) in [5.41, 5.74) is 9.44. The van der Waals surface area contributed by atoms with Gasteiger partial charge in [0, 0.05) is 24.2 Å². The molecule has 4 aromatic rings. The normalized spacial score (nSPS) is 18.8. The molecule has 0 saturated heterocycles. The van der Waals surface area contributed by atoms with E-state index in [4.69, 9.17) is 10.8 Å². The number of benzene rings is 4. The number of nitrogens with one attached hydrogen (secondary N) is 1. The molecule has 0 unspecified atom stereocenters. The Labute approximate surface area is 377 Å². The average molecular weight is 897 g/mol. The molecule has 0 radical (unpaired) electrons. The first-order valence-corrected chi connectivity index (χ1v) is 21.6. The van der Waals surface area contributed by atoms with E-state index in [1.165, 1.54) is 6.07 Å². The number of nitrogens with zero attached hydrogens (tertiary/aromatic N) is 4. The number of hydrogen-bond acceptors (Lipinski definition) is 7. The molecule has 15 heteroatoms. The van der Waals surface area contributed by atoms with Crippen molar-refractivity contribution in [3.63, 3.8) is 0 Å². The van der Waals surface area contributed by atoms with Crippen LogP contribution in [0.3, 0.4) is 0 Å². The molecular formula is C50H56F4N6O5. The van der Waals surface area contributed by atoms with Crippen LogP contribution in [0.2, 0.25) is 0 Å². The molecule has 0 aromatic heterocycles. The first-order valence-electron chi connectivity index (χ1n) is 21.6. The highest BCUT2D eigenvalue weighted by Crippen LogP contribution is 2.41. The fraction of sp³-hybridized carbons (Fsp3) is 0.360. The third kappa shape index (κ3) is 13.0. The Bertz CT molecular complexity index is 2390. The van der Waals surface area contributed by atoms with Gasteiger partial charge in [0.1, 0.15) is 29.3 Å². The number of halogens is 4. The van der Waals surface area contributed by atoms with E-state index in [-0.39, 0.29) is 72.9 Å². The van der Waals surface area contributed by atoms with E-state index in [0.29, 0.717) is 11.1 Å². The molecular weight excluding hydrogens is 841 g/mol. The first kappa shape index (κ1) is 48.3. The van der Waals surface area contributed by atoms with Gasteiger partial charge in [-0.25, -0.2) is 17.6 Å². The Balaban J connectivity index is 0.000000191. The number of rotatable bonds is 13. The minimum Gasteiger partial charge on any atom is -0.480 e. The van der Waals surface area contributed by atoms with Crippen molar-refractivity contribution in [2.45, 2.75) is 49.9 Å². The van der Waals surface area contributed by atoms with Crippen molar-refractivity contribution >= 4 is 34.8 Å². The van der Waals surface area contributed by atoms with E-state index in [1.54, 1.807) is 47.8 Å². The Kier molecular flexibility index (Phi) is 16.1. The summed E-state index contributed by atoms with van der Waals surface area (Å²) in [6.45, 7) is 0.668. The van der Waals surface area contributed by atoms with Gasteiger partial charge in [-0.15, -0.1) is 0 Å². The maximum absolute atomic E-state index is 14.5. The summed E-state index contributed by atoms with van der Waals surface area (Å²) in [6, 6.07) is 23.8. The van der Waals surface area contributed by atoms with Crippen molar-refractivity contribution in [1.82, 2.24) is 24.9 Å². The van der Waals surface area contributed by atoms with Crippen molar-refractivity contribution in [3.05, 3.63) is 155 Å². The monoisotopic (exact) mass is 896 g/mol. The second-order valence-electron chi connectivity index (χ2n) is 17.4. The Morgan fingerprint density at radius 1 is 0.646 bits per heavy atom. The number of aliphatic carboxylic acids is 1. The van der Waals surface area contributed by atoms with Gasteiger partial charge in [-0.1, -0.05) is 72.8 Å². The van der Waals surface area contributed by atoms with Crippen LogP contribution in [0, 0.1) is 35.1 Å². The number of hydrogen-bond donors (Lipinski definition) is 3. The molecule has 11 nitrogen and oxygen atoms in total. The molecule has 4 aromatic carbocycles. The quantitative estimate of drug-likeness (QED) is 0.126. The molecule has 65 heavy (non-hydrogen) atoms. The zero-order valence-electron chi connectivity index (χ0n) is 37.0. The largest absolute Gasteiger partial charge is 0.480 e. The van der Waals surface area contributed by atoms with Gasteiger partial charge in [0.2, 0.25) is 17.7 Å². The van der Waals surface area contributed by atoms with E-state index >= 15 is 0 Å². The molecule has 2 fully saturated rings. The van der Waals surface area contributed by atoms with E-state index in [1.807, 2.05) is 72.8 Å². The SMILES string of the molecule is CN(C)CC(=O)N[C@H](C(=O)N1CC(c2cc(F)ccc2F)=C[C@H]1c1ccccc1)C1CC1.CN(C)CC(=O)O.N[C@H](C(=O)N1CC(c2cc(F)ccc2F)=C[C@H]1c1ccccc1)C1CC1. The van der Waals surface area contributed by atoms with E-state index in [9.17, 15) is 36.7 Å². The lowest BCUT2D eigenvalue weighted by Gasteiger charge is -2.30. The zero-order valence-corrected chi connectivity index (χ0v) is 37.0. The summed E-state index contributed by atoms with van der Waals surface area (Å²) < 4.78 is 56.2. The van der Waals surface area contributed by atoms with E-state index < -0.39 is 47.4 Å². The van der Waals surface area contributed by atoms with Gasteiger partial charge >= 0.3 is 5.97 Å². The molecule has 2 saturated carbocycles. The lowest BCUT2D eigenvalue weighted by molar-refractivity contribution is -0.138. The molecule has 0 spiro atoms. The van der Waals surface area contributed by atoms with Crippen LogP contribution >= 0.6 is 0 Å². The smallest absolute Gasteiger partial charge is 0.317 e. The van der Waals surface area contributed by atoms with Crippen molar-refractivity contribution < 1.29 is 41.8 Å². The minimum atomic E-state index is -0.787. The molecule has 4 N–H and O–H groups in total. The van der Waals surface area contributed by atoms with Crippen LogP contribution in [0.25, 0.3) is 11.1 Å². The minimum absolute atomic E-state index is 0.0972. The number of carbonyl (C=O) groups excluding carboxylic acids is 3. The topological polar surface area (TPSA) is 140 Å². The average Bonchev–Trinajstić information content (AvgIpc) is 4.21. The zero-order chi connectivity index (χ0) is 46.9. The number of carboxylic acids is 1. The summed E-state index contributed by atoms with van der Waals surface area (Å²) in [5.74, 6) is -3.06. The lowest BCUT2D eigenvalue weighted by atomic mass is 10.0. The predicted molar refractivity (Wildman–Crippen MR) is 241 cm³/mol. The van der Waals surface area contributed by atoms with Gasteiger partial charge in [-0.3, -0.25) is 24.1 Å². The number of carbonyl (C=O) groups is 4. The van der Waals surface area contributed by atoms with Crippen LogP contribution in [-0.2, 0) is 19.2 Å². The van der Waals surface area contributed by atoms with Crippen molar-refractivity contribution in [2.75, 3.05) is 54.4 Å². The number of carboxylic acid groups (broad SMARTS) is 1.